The number of alkyl halides is 2. The molecule has 0 atom stereocenters. The van der Waals surface area contributed by atoms with Crippen molar-refractivity contribution in [1.29, 1.82) is 0 Å². The fourth-order valence-corrected chi connectivity index (χ4v) is 4.14. The number of rotatable bonds is 3. The van der Waals surface area contributed by atoms with Crippen molar-refractivity contribution in [2.75, 3.05) is 44.3 Å². The SMILES string of the molecule is FC1(F)CC12CN(Cc1cnc(N3CCOCC3)s1)C2. The van der Waals surface area contributed by atoms with Gasteiger partial charge in [-0.15, -0.1) is 11.3 Å². The van der Waals surface area contributed by atoms with Crippen LogP contribution in [0.3, 0.4) is 0 Å². The molecule has 0 N–H and O–H groups in total. The van der Waals surface area contributed by atoms with Crippen molar-refractivity contribution in [3.05, 3.63) is 11.1 Å². The maximum Gasteiger partial charge on any atom is 0.257 e. The van der Waals surface area contributed by atoms with Crippen LogP contribution in [0.4, 0.5) is 13.9 Å². The minimum atomic E-state index is -2.41. The van der Waals surface area contributed by atoms with Crippen LogP contribution in [0, 0.1) is 5.41 Å². The summed E-state index contributed by atoms with van der Waals surface area (Å²) in [5.41, 5.74) is -0.676. The van der Waals surface area contributed by atoms with Crippen molar-refractivity contribution in [3.8, 4) is 0 Å². The normalized spacial score (nSPS) is 27.6. The minimum Gasteiger partial charge on any atom is -0.378 e. The molecule has 0 aromatic carbocycles. The summed E-state index contributed by atoms with van der Waals surface area (Å²) in [7, 11) is 0. The van der Waals surface area contributed by atoms with E-state index in [9.17, 15) is 8.78 Å². The number of hydrogen-bond acceptors (Lipinski definition) is 5. The van der Waals surface area contributed by atoms with E-state index in [0.29, 0.717) is 13.1 Å². The van der Waals surface area contributed by atoms with Gasteiger partial charge in [-0.3, -0.25) is 4.90 Å². The molecule has 3 aliphatic rings. The Kier molecular flexibility index (Phi) is 2.81. The van der Waals surface area contributed by atoms with Gasteiger partial charge in [-0.1, -0.05) is 0 Å². The molecule has 4 nitrogen and oxygen atoms in total. The summed E-state index contributed by atoms with van der Waals surface area (Å²) in [4.78, 5) is 9.92. The van der Waals surface area contributed by atoms with Crippen LogP contribution in [0.5, 0.6) is 0 Å². The summed E-state index contributed by atoms with van der Waals surface area (Å²) in [6.45, 7) is 5.07. The number of nitrogens with zero attached hydrogens (tertiary/aromatic N) is 3. The molecule has 3 heterocycles. The van der Waals surface area contributed by atoms with Gasteiger partial charge >= 0.3 is 0 Å². The monoisotopic (exact) mass is 301 g/mol. The van der Waals surface area contributed by atoms with Gasteiger partial charge in [-0.25, -0.2) is 13.8 Å². The lowest BCUT2D eigenvalue weighted by Gasteiger charge is -2.39. The predicted molar refractivity (Wildman–Crippen MR) is 72.4 cm³/mol. The molecule has 0 radical (unpaired) electrons. The van der Waals surface area contributed by atoms with E-state index in [1.54, 1.807) is 11.3 Å². The maximum atomic E-state index is 13.1. The lowest BCUT2D eigenvalue weighted by molar-refractivity contribution is -0.0275. The molecule has 1 aliphatic carbocycles. The van der Waals surface area contributed by atoms with Crippen molar-refractivity contribution in [2.45, 2.75) is 18.9 Å². The maximum absolute atomic E-state index is 13.1. The Bertz CT molecular complexity index is 509. The lowest BCUT2D eigenvalue weighted by atomic mass is 9.96. The van der Waals surface area contributed by atoms with Crippen LogP contribution in [-0.4, -0.2) is 55.2 Å². The number of ether oxygens (including phenoxy) is 1. The van der Waals surface area contributed by atoms with Crippen LogP contribution in [0.15, 0.2) is 6.20 Å². The van der Waals surface area contributed by atoms with Crippen molar-refractivity contribution in [2.24, 2.45) is 5.41 Å². The van der Waals surface area contributed by atoms with E-state index in [4.69, 9.17) is 4.74 Å². The third-order valence-electron chi connectivity index (χ3n) is 4.47. The average Bonchev–Trinajstić information content (AvgIpc) is 2.77. The molecule has 3 fully saturated rings. The molecule has 7 heteroatoms. The van der Waals surface area contributed by atoms with Crippen LogP contribution in [0.1, 0.15) is 11.3 Å². The van der Waals surface area contributed by atoms with Gasteiger partial charge in [0.2, 0.25) is 0 Å². The van der Waals surface area contributed by atoms with Gasteiger partial charge in [0.15, 0.2) is 5.13 Å². The van der Waals surface area contributed by atoms with Gasteiger partial charge in [0.25, 0.3) is 5.92 Å². The first-order chi connectivity index (χ1) is 9.58. The highest BCUT2D eigenvalue weighted by Crippen LogP contribution is 2.65. The van der Waals surface area contributed by atoms with Gasteiger partial charge in [0.1, 0.15) is 0 Å². The molecule has 1 aromatic rings. The quantitative estimate of drug-likeness (QED) is 0.851. The molecule has 0 bridgehead atoms. The van der Waals surface area contributed by atoms with Gasteiger partial charge in [-0.05, 0) is 0 Å². The van der Waals surface area contributed by atoms with Crippen molar-refractivity contribution in [1.82, 2.24) is 9.88 Å². The molecule has 2 saturated heterocycles. The number of halogens is 2. The minimum absolute atomic E-state index is 0.0816. The fraction of sp³-hybridized carbons (Fsp3) is 0.769. The van der Waals surface area contributed by atoms with Crippen molar-refractivity contribution in [3.63, 3.8) is 0 Å². The van der Waals surface area contributed by atoms with Gasteiger partial charge in [0.05, 0.1) is 18.6 Å². The zero-order valence-corrected chi connectivity index (χ0v) is 12.0. The number of aromatic nitrogens is 1. The van der Waals surface area contributed by atoms with Gasteiger partial charge in [0, 0.05) is 50.2 Å². The van der Waals surface area contributed by atoms with E-state index < -0.39 is 11.3 Å². The Morgan fingerprint density at radius 3 is 2.65 bits per heavy atom. The number of hydrogen-bond donors (Lipinski definition) is 0. The zero-order chi connectivity index (χ0) is 13.8. The summed E-state index contributed by atoms with van der Waals surface area (Å²) in [5, 5.41) is 1.02. The standard InChI is InChI=1S/C13H17F2N3OS/c14-13(15)7-12(13)8-17(9-12)6-10-5-16-11(20-10)18-1-3-19-4-2-18/h5H,1-4,6-9H2. The summed E-state index contributed by atoms with van der Waals surface area (Å²) in [6.07, 6.45) is 1.96. The Labute approximate surface area is 120 Å². The first-order valence-electron chi connectivity index (χ1n) is 6.96. The van der Waals surface area contributed by atoms with Crippen molar-refractivity contribution >= 4 is 16.5 Å². The topological polar surface area (TPSA) is 28.6 Å². The Balaban J connectivity index is 1.33. The predicted octanol–water partition coefficient (Wildman–Crippen LogP) is 1.82. The Morgan fingerprint density at radius 2 is 2.00 bits per heavy atom. The molecule has 20 heavy (non-hydrogen) atoms. The molecule has 1 saturated carbocycles. The molecule has 1 spiro atoms. The fourth-order valence-electron chi connectivity index (χ4n) is 3.14. The highest BCUT2D eigenvalue weighted by Gasteiger charge is 2.75. The second-order valence-electron chi connectivity index (χ2n) is 6.02. The molecular weight excluding hydrogens is 284 g/mol. The molecular formula is C13H17F2N3OS. The zero-order valence-electron chi connectivity index (χ0n) is 11.1. The molecule has 2 aliphatic heterocycles. The van der Waals surface area contributed by atoms with E-state index in [2.05, 4.69) is 14.8 Å². The van der Waals surface area contributed by atoms with Crippen LogP contribution >= 0.6 is 11.3 Å². The smallest absolute Gasteiger partial charge is 0.257 e. The Morgan fingerprint density at radius 1 is 1.30 bits per heavy atom. The number of morpholine rings is 1. The molecule has 4 rings (SSSR count). The van der Waals surface area contributed by atoms with Crippen LogP contribution < -0.4 is 4.90 Å². The third kappa shape index (κ3) is 2.03. The number of likely N-dealkylation sites (tertiary alicyclic amines) is 1. The molecule has 1 aromatic heterocycles. The van der Waals surface area contributed by atoms with Crippen molar-refractivity contribution < 1.29 is 13.5 Å². The average molecular weight is 301 g/mol. The first-order valence-corrected chi connectivity index (χ1v) is 7.77. The summed E-state index contributed by atoms with van der Waals surface area (Å²) in [5.74, 6) is -2.41. The first kappa shape index (κ1) is 12.9. The Hall–Kier alpha value is -0.790. The van der Waals surface area contributed by atoms with E-state index >= 15 is 0 Å². The van der Waals surface area contributed by atoms with Crippen LogP contribution in [0.25, 0.3) is 0 Å². The number of anilines is 1. The second-order valence-corrected chi connectivity index (χ2v) is 7.11. The van der Waals surface area contributed by atoms with E-state index in [1.165, 1.54) is 0 Å². The largest absolute Gasteiger partial charge is 0.378 e. The van der Waals surface area contributed by atoms with E-state index in [-0.39, 0.29) is 6.42 Å². The second kappa shape index (κ2) is 4.35. The highest BCUT2D eigenvalue weighted by atomic mass is 32.1. The van der Waals surface area contributed by atoms with Crippen LogP contribution in [-0.2, 0) is 11.3 Å². The third-order valence-corrected chi connectivity index (χ3v) is 5.51. The summed E-state index contributed by atoms with van der Waals surface area (Å²) >= 11 is 1.67. The summed E-state index contributed by atoms with van der Waals surface area (Å²) < 4.78 is 31.6. The van der Waals surface area contributed by atoms with Gasteiger partial charge < -0.3 is 9.64 Å². The van der Waals surface area contributed by atoms with Crippen LogP contribution in [0.2, 0.25) is 0 Å². The number of thiazole rings is 1. The highest BCUT2D eigenvalue weighted by molar-refractivity contribution is 7.15. The van der Waals surface area contributed by atoms with E-state index in [1.807, 2.05) is 6.20 Å². The summed E-state index contributed by atoms with van der Waals surface area (Å²) in [6, 6.07) is 0. The van der Waals surface area contributed by atoms with Gasteiger partial charge in [-0.2, -0.15) is 0 Å². The molecule has 110 valence electrons. The van der Waals surface area contributed by atoms with E-state index in [0.717, 1.165) is 42.9 Å². The molecule has 0 unspecified atom stereocenters. The lowest BCUT2D eigenvalue weighted by Crippen LogP contribution is -2.50. The molecule has 0 amide bonds.